The zero-order valence-electron chi connectivity index (χ0n) is 17.0. The minimum Gasteiger partial charge on any atom is -0.354 e. The average molecular weight is 474 g/mol. The molecule has 1 aliphatic rings. The number of hydrogen-bond acceptors (Lipinski definition) is 7. The number of rotatable bonds is 3. The highest BCUT2D eigenvalue weighted by Gasteiger charge is 2.30. The Morgan fingerprint density at radius 2 is 1.76 bits per heavy atom. The fourth-order valence-electron chi connectivity index (χ4n) is 3.53. The van der Waals surface area contributed by atoms with Crippen LogP contribution in [0.25, 0.3) is 22.4 Å². The van der Waals surface area contributed by atoms with Gasteiger partial charge in [-0.15, -0.1) is 0 Å². The van der Waals surface area contributed by atoms with Gasteiger partial charge in [-0.1, -0.05) is 29.4 Å². The quantitative estimate of drug-likeness (QED) is 0.462. The van der Waals surface area contributed by atoms with Crippen LogP contribution in [-0.4, -0.2) is 51.6 Å². The summed E-state index contributed by atoms with van der Waals surface area (Å²) in [5.74, 6) is 0.755. The predicted molar refractivity (Wildman–Crippen MR) is 117 cm³/mol. The van der Waals surface area contributed by atoms with Crippen molar-refractivity contribution in [1.29, 1.82) is 0 Å². The van der Waals surface area contributed by atoms with Crippen LogP contribution in [0, 0.1) is 0 Å². The van der Waals surface area contributed by atoms with Gasteiger partial charge in [-0.3, -0.25) is 5.32 Å². The molecular formula is C21H17F3N6O2S. The zero-order chi connectivity index (χ0) is 23.0. The molecule has 1 saturated heterocycles. The minimum atomic E-state index is -4.38. The molecule has 3 heterocycles. The van der Waals surface area contributed by atoms with Crippen LogP contribution in [0.3, 0.4) is 0 Å². The SMILES string of the molecule is O=C(Nc1noc2ccccc12)N1CCN(c2nc(-c3ccc(C(F)(F)F)cc3)ns2)CC1. The summed E-state index contributed by atoms with van der Waals surface area (Å²) in [5, 5.41) is 8.10. The van der Waals surface area contributed by atoms with Gasteiger partial charge in [0.05, 0.1) is 10.9 Å². The lowest BCUT2D eigenvalue weighted by Gasteiger charge is -2.34. The first-order valence-corrected chi connectivity index (χ1v) is 10.8. The minimum absolute atomic E-state index is 0.267. The van der Waals surface area contributed by atoms with Crippen molar-refractivity contribution in [3.8, 4) is 11.4 Å². The van der Waals surface area contributed by atoms with Crippen LogP contribution in [0.4, 0.5) is 28.9 Å². The van der Waals surface area contributed by atoms with Gasteiger partial charge in [-0.25, -0.2) is 4.79 Å². The lowest BCUT2D eigenvalue weighted by Crippen LogP contribution is -2.50. The van der Waals surface area contributed by atoms with Crippen molar-refractivity contribution in [2.75, 3.05) is 36.4 Å². The third kappa shape index (κ3) is 4.33. The highest BCUT2D eigenvalue weighted by molar-refractivity contribution is 7.09. The van der Waals surface area contributed by atoms with E-state index in [4.69, 9.17) is 4.52 Å². The summed E-state index contributed by atoms with van der Waals surface area (Å²) in [6, 6.07) is 11.8. The third-order valence-corrected chi connectivity index (χ3v) is 6.10. The highest BCUT2D eigenvalue weighted by Crippen LogP contribution is 2.31. The molecule has 12 heteroatoms. The average Bonchev–Trinajstić information content (AvgIpc) is 3.47. The molecule has 8 nitrogen and oxygen atoms in total. The number of carbonyl (C=O) groups is 1. The predicted octanol–water partition coefficient (Wildman–Crippen LogP) is 4.72. The number of amides is 2. The maximum Gasteiger partial charge on any atom is 0.416 e. The number of nitrogens with zero attached hydrogens (tertiary/aromatic N) is 5. The number of para-hydroxylation sites is 1. The van der Waals surface area contributed by atoms with Crippen molar-refractivity contribution >= 4 is 39.5 Å². The number of alkyl halides is 3. The second-order valence-electron chi connectivity index (χ2n) is 7.41. The number of halogens is 3. The summed E-state index contributed by atoms with van der Waals surface area (Å²) in [4.78, 5) is 20.8. The molecule has 0 aliphatic carbocycles. The summed E-state index contributed by atoms with van der Waals surface area (Å²) >= 11 is 1.18. The van der Waals surface area contributed by atoms with Crippen LogP contribution in [-0.2, 0) is 6.18 Å². The van der Waals surface area contributed by atoms with Gasteiger partial charge in [-0.2, -0.15) is 22.5 Å². The molecule has 2 aromatic heterocycles. The normalized spacial score (nSPS) is 14.6. The largest absolute Gasteiger partial charge is 0.416 e. The number of hydrogen-bond donors (Lipinski definition) is 1. The Hall–Kier alpha value is -3.67. The molecule has 5 rings (SSSR count). The molecule has 1 aliphatic heterocycles. The van der Waals surface area contributed by atoms with E-state index in [9.17, 15) is 18.0 Å². The van der Waals surface area contributed by atoms with Crippen LogP contribution in [0.2, 0.25) is 0 Å². The standard InChI is InChI=1S/C21H17F3N6O2S/c22-21(23,24)14-7-5-13(6-8-14)17-26-20(33-28-17)30-11-9-29(10-12-30)19(31)25-18-15-3-1-2-4-16(15)32-27-18/h1-8H,9-12H2,(H,25,27,31). The van der Waals surface area contributed by atoms with E-state index in [2.05, 4.69) is 19.8 Å². The first-order valence-electron chi connectivity index (χ1n) is 10.0. The van der Waals surface area contributed by atoms with Crippen LogP contribution in [0.5, 0.6) is 0 Å². The monoisotopic (exact) mass is 474 g/mol. The van der Waals surface area contributed by atoms with Crippen molar-refractivity contribution in [1.82, 2.24) is 19.4 Å². The smallest absolute Gasteiger partial charge is 0.354 e. The Morgan fingerprint density at radius 1 is 1.03 bits per heavy atom. The Morgan fingerprint density at radius 3 is 2.48 bits per heavy atom. The van der Waals surface area contributed by atoms with Crippen LogP contribution in [0.1, 0.15) is 5.56 Å². The summed E-state index contributed by atoms with van der Waals surface area (Å²) in [7, 11) is 0. The van der Waals surface area contributed by atoms with Crippen molar-refractivity contribution in [3.05, 3.63) is 54.1 Å². The summed E-state index contributed by atoms with van der Waals surface area (Å²) in [6.45, 7) is 2.04. The second-order valence-corrected chi connectivity index (χ2v) is 8.14. The zero-order valence-corrected chi connectivity index (χ0v) is 17.9. The van der Waals surface area contributed by atoms with Gasteiger partial charge >= 0.3 is 12.2 Å². The Balaban J connectivity index is 1.20. The Kier molecular flexibility index (Phi) is 5.36. The third-order valence-electron chi connectivity index (χ3n) is 5.33. The first kappa shape index (κ1) is 21.2. The molecule has 0 radical (unpaired) electrons. The summed E-state index contributed by atoms with van der Waals surface area (Å²) in [5.41, 5.74) is 0.399. The van der Waals surface area contributed by atoms with Gasteiger partial charge in [-0.05, 0) is 24.3 Å². The fourth-order valence-corrected chi connectivity index (χ4v) is 4.27. The maximum atomic E-state index is 12.8. The number of urea groups is 1. The maximum absolute atomic E-state index is 12.8. The first-order chi connectivity index (χ1) is 15.9. The number of anilines is 2. The molecule has 2 amide bonds. The van der Waals surface area contributed by atoms with E-state index in [1.165, 1.54) is 23.7 Å². The van der Waals surface area contributed by atoms with Crippen LogP contribution >= 0.6 is 11.5 Å². The van der Waals surface area contributed by atoms with E-state index in [1.54, 1.807) is 11.0 Å². The van der Waals surface area contributed by atoms with Crippen LogP contribution in [0.15, 0.2) is 53.1 Å². The molecule has 0 unspecified atom stereocenters. The number of carbonyl (C=O) groups excluding carboxylic acids is 1. The van der Waals surface area contributed by atoms with E-state index >= 15 is 0 Å². The topological polar surface area (TPSA) is 87.4 Å². The van der Waals surface area contributed by atoms with Crippen molar-refractivity contribution in [2.45, 2.75) is 6.18 Å². The molecule has 2 aromatic carbocycles. The van der Waals surface area contributed by atoms with E-state index in [1.807, 2.05) is 23.1 Å². The lowest BCUT2D eigenvalue weighted by molar-refractivity contribution is -0.137. The van der Waals surface area contributed by atoms with Crippen molar-refractivity contribution in [2.24, 2.45) is 0 Å². The van der Waals surface area contributed by atoms with Crippen molar-refractivity contribution in [3.63, 3.8) is 0 Å². The molecule has 0 bridgehead atoms. The second kappa shape index (κ2) is 8.35. The van der Waals surface area contributed by atoms with Gasteiger partial charge in [0, 0.05) is 43.3 Å². The molecule has 1 fully saturated rings. The van der Waals surface area contributed by atoms with E-state index in [0.29, 0.717) is 54.1 Å². The van der Waals surface area contributed by atoms with Gasteiger partial charge in [0.2, 0.25) is 5.13 Å². The van der Waals surface area contributed by atoms with Gasteiger partial charge in [0.25, 0.3) is 0 Å². The molecule has 33 heavy (non-hydrogen) atoms. The number of benzene rings is 2. The summed E-state index contributed by atoms with van der Waals surface area (Å²) in [6.07, 6.45) is -4.38. The molecular weight excluding hydrogens is 457 g/mol. The van der Waals surface area contributed by atoms with E-state index in [-0.39, 0.29) is 6.03 Å². The number of nitrogens with one attached hydrogen (secondary N) is 1. The number of fused-ring (bicyclic) bond motifs is 1. The Labute approximate surface area is 189 Å². The van der Waals surface area contributed by atoms with Gasteiger partial charge in [0.1, 0.15) is 0 Å². The Bertz CT molecular complexity index is 1280. The molecule has 0 atom stereocenters. The summed E-state index contributed by atoms with van der Waals surface area (Å²) < 4.78 is 47.8. The molecule has 0 saturated carbocycles. The van der Waals surface area contributed by atoms with E-state index in [0.717, 1.165) is 17.5 Å². The number of aromatic nitrogens is 3. The molecule has 0 spiro atoms. The molecule has 170 valence electrons. The van der Waals surface area contributed by atoms with Gasteiger partial charge in [0.15, 0.2) is 17.2 Å². The molecule has 4 aromatic rings. The van der Waals surface area contributed by atoms with Crippen LogP contribution < -0.4 is 10.2 Å². The molecule has 1 N–H and O–H groups in total. The van der Waals surface area contributed by atoms with E-state index < -0.39 is 11.7 Å². The van der Waals surface area contributed by atoms with Crippen molar-refractivity contribution < 1.29 is 22.5 Å². The number of piperazine rings is 1. The highest BCUT2D eigenvalue weighted by atomic mass is 32.1. The fraction of sp³-hybridized carbons (Fsp3) is 0.238. The van der Waals surface area contributed by atoms with Gasteiger partial charge < -0.3 is 14.3 Å². The lowest BCUT2D eigenvalue weighted by atomic mass is 10.1.